The number of thioether (sulfide) groups is 1. The van der Waals surface area contributed by atoms with Gasteiger partial charge in [-0.15, -0.1) is 0 Å². The summed E-state index contributed by atoms with van der Waals surface area (Å²) in [6.45, 7) is 4.61. The lowest BCUT2D eigenvalue weighted by Gasteiger charge is -2.37. The number of nitrogen functional groups attached to an aromatic ring is 1. The molecule has 6 nitrogen and oxygen atoms in total. The van der Waals surface area contributed by atoms with E-state index in [1.807, 2.05) is 6.92 Å². The van der Waals surface area contributed by atoms with E-state index in [0.29, 0.717) is 11.8 Å². The van der Waals surface area contributed by atoms with Gasteiger partial charge in [-0.1, -0.05) is 18.5 Å². The van der Waals surface area contributed by atoms with Crippen LogP contribution in [0.3, 0.4) is 0 Å². The van der Waals surface area contributed by atoms with E-state index in [0.717, 1.165) is 11.8 Å². The van der Waals surface area contributed by atoms with Crippen LogP contribution in [-0.2, 0) is 0 Å². The highest BCUT2D eigenvalue weighted by Crippen LogP contribution is 2.32. The number of nitro benzene ring substituents is 1. The number of rotatable bonds is 2. The van der Waals surface area contributed by atoms with Crippen molar-refractivity contribution >= 4 is 40.6 Å². The summed E-state index contributed by atoms with van der Waals surface area (Å²) < 4.78 is 0. The number of nitro groups is 1. The summed E-state index contributed by atoms with van der Waals surface area (Å²) in [6.07, 6.45) is 0. The molecule has 2 rings (SSSR count). The van der Waals surface area contributed by atoms with E-state index in [9.17, 15) is 14.9 Å². The summed E-state index contributed by atoms with van der Waals surface area (Å²) in [4.78, 5) is 24.7. The van der Waals surface area contributed by atoms with Crippen LogP contribution in [0, 0.1) is 10.1 Å². The molecule has 2 N–H and O–H groups in total. The Labute approximate surface area is 131 Å². The number of carbonyl (C=O) groups is 1. The van der Waals surface area contributed by atoms with E-state index in [2.05, 4.69) is 6.92 Å². The fourth-order valence-corrected chi connectivity index (χ4v) is 3.57. The smallest absolute Gasteiger partial charge is 0.271 e. The van der Waals surface area contributed by atoms with Gasteiger partial charge >= 0.3 is 0 Å². The largest absolute Gasteiger partial charge is 0.397 e. The lowest BCUT2D eigenvalue weighted by atomic mass is 10.1. The maximum atomic E-state index is 12.7. The van der Waals surface area contributed by atoms with Crippen molar-refractivity contribution in [3.05, 3.63) is 32.8 Å². The third kappa shape index (κ3) is 3.08. The van der Waals surface area contributed by atoms with Crippen molar-refractivity contribution in [2.75, 3.05) is 18.0 Å². The van der Waals surface area contributed by atoms with Gasteiger partial charge in [-0.3, -0.25) is 14.9 Å². The van der Waals surface area contributed by atoms with Crippen LogP contribution in [0.25, 0.3) is 0 Å². The number of halogens is 1. The van der Waals surface area contributed by atoms with Crippen molar-refractivity contribution in [1.82, 2.24) is 4.90 Å². The molecule has 1 aromatic rings. The summed E-state index contributed by atoms with van der Waals surface area (Å²) in [5.41, 5.74) is 5.79. The molecule has 0 aromatic heterocycles. The molecule has 8 heteroatoms. The first-order chi connectivity index (χ1) is 9.82. The Bertz CT molecular complexity index is 596. The highest BCUT2D eigenvalue weighted by atomic mass is 35.5. The average molecular weight is 330 g/mol. The SMILES string of the molecule is CC1SCCN(C(=O)c2cc([N+](=O)[O-])cc(Cl)c2N)C1C. The molecule has 0 aliphatic carbocycles. The zero-order chi connectivity index (χ0) is 15.7. The van der Waals surface area contributed by atoms with Gasteiger partial charge in [0.15, 0.2) is 0 Å². The molecule has 0 radical (unpaired) electrons. The standard InChI is InChI=1S/C13H16ClN3O3S/c1-7-8(2)21-4-3-16(7)13(18)10-5-9(17(19)20)6-11(14)12(10)15/h5-8H,3-4,15H2,1-2H3. The second-order valence-electron chi connectivity index (χ2n) is 4.96. The first-order valence-electron chi connectivity index (χ1n) is 6.49. The fraction of sp³-hybridized carbons (Fsp3) is 0.462. The number of carbonyl (C=O) groups excluding carboxylic acids is 1. The number of benzene rings is 1. The van der Waals surface area contributed by atoms with Gasteiger partial charge < -0.3 is 10.6 Å². The number of nitrogens with two attached hydrogens (primary N) is 1. The second-order valence-corrected chi connectivity index (χ2v) is 6.85. The van der Waals surface area contributed by atoms with Gasteiger partial charge in [-0.05, 0) is 6.92 Å². The molecular formula is C13H16ClN3O3S. The van der Waals surface area contributed by atoms with Gasteiger partial charge in [0.05, 0.1) is 21.2 Å². The molecule has 1 fully saturated rings. The Morgan fingerprint density at radius 2 is 2.19 bits per heavy atom. The molecule has 2 atom stereocenters. The van der Waals surface area contributed by atoms with Crippen molar-refractivity contribution in [2.45, 2.75) is 25.1 Å². The molecule has 1 aliphatic heterocycles. The fourth-order valence-electron chi connectivity index (χ4n) is 2.26. The van der Waals surface area contributed by atoms with Gasteiger partial charge in [0.1, 0.15) is 0 Å². The molecule has 1 heterocycles. The van der Waals surface area contributed by atoms with E-state index in [-0.39, 0.29) is 33.9 Å². The molecule has 0 spiro atoms. The topological polar surface area (TPSA) is 89.5 Å². The van der Waals surface area contributed by atoms with Crippen LogP contribution < -0.4 is 5.73 Å². The Hall–Kier alpha value is -1.47. The average Bonchev–Trinajstić information content (AvgIpc) is 2.43. The van der Waals surface area contributed by atoms with Crippen molar-refractivity contribution in [3.8, 4) is 0 Å². The Balaban J connectivity index is 2.41. The lowest BCUT2D eigenvalue weighted by Crippen LogP contribution is -2.48. The monoisotopic (exact) mass is 329 g/mol. The van der Waals surface area contributed by atoms with Crippen molar-refractivity contribution in [1.29, 1.82) is 0 Å². The highest BCUT2D eigenvalue weighted by molar-refractivity contribution is 8.00. The van der Waals surface area contributed by atoms with E-state index in [1.165, 1.54) is 6.07 Å². The molecule has 2 unspecified atom stereocenters. The third-order valence-electron chi connectivity index (χ3n) is 3.70. The lowest BCUT2D eigenvalue weighted by molar-refractivity contribution is -0.384. The Kier molecular flexibility index (Phi) is 4.63. The summed E-state index contributed by atoms with van der Waals surface area (Å²) in [5.74, 6) is 0.526. The third-order valence-corrected chi connectivity index (χ3v) is 5.35. The van der Waals surface area contributed by atoms with E-state index >= 15 is 0 Å². The van der Waals surface area contributed by atoms with Crippen LogP contribution in [0.5, 0.6) is 0 Å². The minimum Gasteiger partial charge on any atom is -0.397 e. The summed E-state index contributed by atoms with van der Waals surface area (Å²) >= 11 is 7.71. The Morgan fingerprint density at radius 1 is 1.52 bits per heavy atom. The van der Waals surface area contributed by atoms with Crippen LogP contribution in [0.2, 0.25) is 5.02 Å². The summed E-state index contributed by atoms with van der Waals surface area (Å²) in [5, 5.41) is 11.2. The van der Waals surface area contributed by atoms with Crippen LogP contribution in [0.15, 0.2) is 12.1 Å². The van der Waals surface area contributed by atoms with Crippen LogP contribution in [0.1, 0.15) is 24.2 Å². The molecule has 1 amide bonds. The zero-order valence-electron chi connectivity index (χ0n) is 11.7. The number of hydrogen-bond acceptors (Lipinski definition) is 5. The summed E-state index contributed by atoms with van der Waals surface area (Å²) in [7, 11) is 0. The number of hydrogen-bond donors (Lipinski definition) is 1. The summed E-state index contributed by atoms with van der Waals surface area (Å²) in [6, 6.07) is 2.39. The first-order valence-corrected chi connectivity index (χ1v) is 7.91. The zero-order valence-corrected chi connectivity index (χ0v) is 13.3. The quantitative estimate of drug-likeness (QED) is 0.512. The van der Waals surface area contributed by atoms with Crippen molar-refractivity contribution < 1.29 is 9.72 Å². The molecule has 114 valence electrons. The first kappa shape index (κ1) is 15.9. The van der Waals surface area contributed by atoms with Gasteiger partial charge in [0.25, 0.3) is 11.6 Å². The molecule has 0 saturated carbocycles. The minimum atomic E-state index is -0.583. The van der Waals surface area contributed by atoms with Crippen molar-refractivity contribution in [2.24, 2.45) is 0 Å². The second kappa shape index (κ2) is 6.11. The number of amides is 1. The van der Waals surface area contributed by atoms with E-state index in [4.69, 9.17) is 17.3 Å². The number of anilines is 1. The van der Waals surface area contributed by atoms with Crippen LogP contribution in [-0.4, -0.2) is 39.3 Å². The van der Waals surface area contributed by atoms with Crippen LogP contribution in [0.4, 0.5) is 11.4 Å². The van der Waals surface area contributed by atoms with Gasteiger partial charge in [-0.25, -0.2) is 0 Å². The molecule has 0 bridgehead atoms. The molecule has 1 aromatic carbocycles. The van der Waals surface area contributed by atoms with Crippen molar-refractivity contribution in [3.63, 3.8) is 0 Å². The molecular weight excluding hydrogens is 314 g/mol. The molecule has 1 saturated heterocycles. The van der Waals surface area contributed by atoms with Gasteiger partial charge in [-0.2, -0.15) is 11.8 Å². The predicted octanol–water partition coefficient (Wildman–Crippen LogP) is 2.80. The predicted molar refractivity (Wildman–Crippen MR) is 84.9 cm³/mol. The highest BCUT2D eigenvalue weighted by Gasteiger charge is 2.31. The molecule has 21 heavy (non-hydrogen) atoms. The van der Waals surface area contributed by atoms with Crippen LogP contribution >= 0.6 is 23.4 Å². The number of non-ortho nitro benzene ring substituents is 1. The minimum absolute atomic E-state index is 0.0274. The normalized spacial score (nSPS) is 22.1. The van der Waals surface area contributed by atoms with Gasteiger partial charge in [0, 0.05) is 35.7 Å². The Morgan fingerprint density at radius 3 is 2.81 bits per heavy atom. The maximum absolute atomic E-state index is 12.7. The number of nitrogens with zero attached hydrogens (tertiary/aromatic N) is 2. The van der Waals surface area contributed by atoms with E-state index in [1.54, 1.807) is 16.7 Å². The maximum Gasteiger partial charge on any atom is 0.271 e. The molecule has 1 aliphatic rings. The van der Waals surface area contributed by atoms with Gasteiger partial charge in [0.2, 0.25) is 0 Å². The van der Waals surface area contributed by atoms with E-state index < -0.39 is 4.92 Å².